The van der Waals surface area contributed by atoms with E-state index in [4.69, 9.17) is 10.8 Å². The van der Waals surface area contributed by atoms with Crippen molar-refractivity contribution >= 4 is 21.9 Å². The van der Waals surface area contributed by atoms with Gasteiger partial charge in [-0.05, 0) is 17.7 Å². The maximum absolute atomic E-state index is 10.7. The largest absolute Gasteiger partial charge is 0.481 e. The Kier molecular flexibility index (Phi) is 3.66. The standard InChI is InChI=1S/C10H12BrNO2/c1-6(10(13)14)9(12)7-2-4-8(11)5-3-7/h2-6,9H,12H2,1H3,(H,13,14)/t6-,9+/m1/s1. The van der Waals surface area contributed by atoms with Gasteiger partial charge in [0.05, 0.1) is 5.92 Å². The van der Waals surface area contributed by atoms with Gasteiger partial charge in [-0.15, -0.1) is 0 Å². The van der Waals surface area contributed by atoms with Gasteiger partial charge in [0.1, 0.15) is 0 Å². The van der Waals surface area contributed by atoms with Gasteiger partial charge in [-0.2, -0.15) is 0 Å². The highest BCUT2D eigenvalue weighted by molar-refractivity contribution is 9.10. The average molecular weight is 258 g/mol. The van der Waals surface area contributed by atoms with Gasteiger partial charge in [-0.3, -0.25) is 4.79 Å². The van der Waals surface area contributed by atoms with Crippen LogP contribution < -0.4 is 5.73 Å². The minimum atomic E-state index is -0.875. The van der Waals surface area contributed by atoms with Crippen molar-refractivity contribution in [3.63, 3.8) is 0 Å². The predicted octanol–water partition coefficient (Wildman–Crippen LogP) is 2.17. The number of hydrogen-bond acceptors (Lipinski definition) is 2. The molecule has 0 heterocycles. The van der Waals surface area contributed by atoms with Crippen LogP contribution in [0.1, 0.15) is 18.5 Å². The van der Waals surface area contributed by atoms with E-state index in [0.29, 0.717) is 0 Å². The number of halogens is 1. The monoisotopic (exact) mass is 257 g/mol. The SMILES string of the molecule is C[C@@H](C(=O)O)[C@H](N)c1ccc(Br)cc1. The normalized spacial score (nSPS) is 14.8. The molecule has 0 aliphatic rings. The van der Waals surface area contributed by atoms with Gasteiger partial charge in [-0.25, -0.2) is 0 Å². The molecule has 0 fully saturated rings. The van der Waals surface area contributed by atoms with E-state index in [2.05, 4.69) is 15.9 Å². The fraction of sp³-hybridized carbons (Fsp3) is 0.300. The predicted molar refractivity (Wildman–Crippen MR) is 57.9 cm³/mol. The highest BCUT2D eigenvalue weighted by Gasteiger charge is 2.20. The molecule has 76 valence electrons. The molecule has 0 unspecified atom stereocenters. The molecule has 1 aromatic carbocycles. The lowest BCUT2D eigenvalue weighted by molar-refractivity contribution is -0.141. The van der Waals surface area contributed by atoms with Crippen molar-refractivity contribution in [3.8, 4) is 0 Å². The van der Waals surface area contributed by atoms with Gasteiger partial charge in [-0.1, -0.05) is 35.0 Å². The van der Waals surface area contributed by atoms with Crippen molar-refractivity contribution < 1.29 is 9.90 Å². The fourth-order valence-corrected chi connectivity index (χ4v) is 1.39. The third kappa shape index (κ3) is 2.56. The van der Waals surface area contributed by atoms with Gasteiger partial charge in [0.15, 0.2) is 0 Å². The highest BCUT2D eigenvalue weighted by atomic mass is 79.9. The molecule has 1 rings (SSSR count). The second kappa shape index (κ2) is 4.57. The summed E-state index contributed by atoms with van der Waals surface area (Å²) in [7, 11) is 0. The lowest BCUT2D eigenvalue weighted by atomic mass is 9.96. The molecule has 1 aromatic rings. The van der Waals surface area contributed by atoms with Crippen LogP contribution in [0.2, 0.25) is 0 Å². The average Bonchev–Trinajstić information content (AvgIpc) is 2.16. The Morgan fingerprint density at radius 3 is 2.36 bits per heavy atom. The van der Waals surface area contributed by atoms with Crippen LogP contribution in [-0.2, 0) is 4.79 Å². The lowest BCUT2D eigenvalue weighted by Gasteiger charge is -2.16. The molecule has 0 aromatic heterocycles. The maximum atomic E-state index is 10.7. The van der Waals surface area contributed by atoms with Crippen LogP contribution in [0.4, 0.5) is 0 Å². The summed E-state index contributed by atoms with van der Waals surface area (Å²) in [6.45, 7) is 1.61. The summed E-state index contributed by atoms with van der Waals surface area (Å²) in [4.78, 5) is 10.7. The number of benzene rings is 1. The van der Waals surface area contributed by atoms with E-state index in [1.165, 1.54) is 0 Å². The van der Waals surface area contributed by atoms with Crippen LogP contribution in [0.15, 0.2) is 28.7 Å². The van der Waals surface area contributed by atoms with E-state index in [1.54, 1.807) is 6.92 Å². The van der Waals surface area contributed by atoms with E-state index < -0.39 is 17.9 Å². The summed E-state index contributed by atoms with van der Waals surface area (Å²) in [5.41, 5.74) is 6.63. The Labute approximate surface area is 91.1 Å². The van der Waals surface area contributed by atoms with Crippen molar-refractivity contribution in [2.24, 2.45) is 11.7 Å². The first kappa shape index (κ1) is 11.2. The van der Waals surface area contributed by atoms with Gasteiger partial charge in [0, 0.05) is 10.5 Å². The van der Waals surface area contributed by atoms with Gasteiger partial charge < -0.3 is 10.8 Å². The van der Waals surface area contributed by atoms with Crippen molar-refractivity contribution in [1.82, 2.24) is 0 Å². The molecule has 4 heteroatoms. The van der Waals surface area contributed by atoms with E-state index in [9.17, 15) is 4.79 Å². The summed E-state index contributed by atoms with van der Waals surface area (Å²) in [5, 5.41) is 8.78. The molecule has 0 saturated carbocycles. The Morgan fingerprint density at radius 1 is 1.43 bits per heavy atom. The lowest BCUT2D eigenvalue weighted by Crippen LogP contribution is -2.25. The second-order valence-corrected chi connectivity index (χ2v) is 4.12. The number of rotatable bonds is 3. The first-order valence-corrected chi connectivity index (χ1v) is 5.05. The van der Waals surface area contributed by atoms with Crippen LogP contribution in [0.3, 0.4) is 0 Å². The Morgan fingerprint density at radius 2 is 1.93 bits per heavy atom. The number of nitrogens with two attached hydrogens (primary N) is 1. The van der Waals surface area contributed by atoms with Gasteiger partial charge in [0.2, 0.25) is 0 Å². The summed E-state index contributed by atoms with van der Waals surface area (Å²) in [5.74, 6) is -1.45. The molecule has 0 aliphatic heterocycles. The van der Waals surface area contributed by atoms with Gasteiger partial charge in [0.25, 0.3) is 0 Å². The Hall–Kier alpha value is -0.870. The quantitative estimate of drug-likeness (QED) is 0.873. The van der Waals surface area contributed by atoms with Crippen LogP contribution in [0.25, 0.3) is 0 Å². The molecule has 0 bridgehead atoms. The topological polar surface area (TPSA) is 63.3 Å². The van der Waals surface area contributed by atoms with E-state index >= 15 is 0 Å². The van der Waals surface area contributed by atoms with Gasteiger partial charge >= 0.3 is 5.97 Å². The minimum absolute atomic E-state index is 0.458. The molecule has 14 heavy (non-hydrogen) atoms. The highest BCUT2D eigenvalue weighted by Crippen LogP contribution is 2.21. The molecule has 0 aliphatic carbocycles. The number of carboxylic acids is 1. The molecule has 0 radical (unpaired) electrons. The zero-order valence-electron chi connectivity index (χ0n) is 7.77. The molecule has 3 N–H and O–H groups in total. The summed E-state index contributed by atoms with van der Waals surface area (Å²) in [6, 6.07) is 6.90. The number of hydrogen-bond donors (Lipinski definition) is 2. The van der Waals surface area contributed by atoms with Crippen molar-refractivity contribution in [3.05, 3.63) is 34.3 Å². The Bertz CT molecular complexity index is 323. The molecule has 0 amide bonds. The van der Waals surface area contributed by atoms with Crippen LogP contribution in [0, 0.1) is 5.92 Å². The third-order valence-corrected chi connectivity index (χ3v) is 2.71. The second-order valence-electron chi connectivity index (χ2n) is 3.20. The molecular weight excluding hydrogens is 246 g/mol. The van der Waals surface area contributed by atoms with E-state index in [0.717, 1.165) is 10.0 Å². The maximum Gasteiger partial charge on any atom is 0.308 e. The number of carbonyl (C=O) groups is 1. The minimum Gasteiger partial charge on any atom is -0.481 e. The van der Waals surface area contributed by atoms with Crippen LogP contribution in [0.5, 0.6) is 0 Å². The molecule has 0 spiro atoms. The first-order valence-electron chi connectivity index (χ1n) is 4.26. The molecule has 2 atom stereocenters. The molecular formula is C10H12BrNO2. The summed E-state index contributed by atoms with van der Waals surface area (Å²) >= 11 is 3.30. The van der Waals surface area contributed by atoms with Crippen molar-refractivity contribution in [2.45, 2.75) is 13.0 Å². The van der Waals surface area contributed by atoms with E-state index in [-0.39, 0.29) is 0 Å². The molecule has 0 saturated heterocycles. The third-order valence-electron chi connectivity index (χ3n) is 2.18. The van der Waals surface area contributed by atoms with Crippen LogP contribution in [-0.4, -0.2) is 11.1 Å². The van der Waals surface area contributed by atoms with Crippen LogP contribution >= 0.6 is 15.9 Å². The van der Waals surface area contributed by atoms with Crippen molar-refractivity contribution in [2.75, 3.05) is 0 Å². The fourth-order valence-electron chi connectivity index (χ4n) is 1.13. The zero-order chi connectivity index (χ0) is 10.7. The molecule has 3 nitrogen and oxygen atoms in total. The smallest absolute Gasteiger partial charge is 0.308 e. The number of carboxylic acid groups (broad SMARTS) is 1. The van der Waals surface area contributed by atoms with Crippen molar-refractivity contribution in [1.29, 1.82) is 0 Å². The van der Waals surface area contributed by atoms with E-state index in [1.807, 2.05) is 24.3 Å². The summed E-state index contributed by atoms with van der Waals surface area (Å²) in [6.07, 6.45) is 0. The Balaban J connectivity index is 2.84. The zero-order valence-corrected chi connectivity index (χ0v) is 9.36. The number of aliphatic carboxylic acids is 1. The first-order chi connectivity index (χ1) is 6.52. The summed E-state index contributed by atoms with van der Waals surface area (Å²) < 4.78 is 0.955.